The number of hydrogen-bond acceptors (Lipinski definition) is 5. The molecule has 1 aliphatic rings. The van der Waals surface area contributed by atoms with E-state index in [9.17, 15) is 9.90 Å². The number of aromatic nitrogens is 4. The Morgan fingerprint density at radius 2 is 2.00 bits per heavy atom. The van der Waals surface area contributed by atoms with Gasteiger partial charge < -0.3 is 15.3 Å². The van der Waals surface area contributed by atoms with Gasteiger partial charge in [0.15, 0.2) is 0 Å². The van der Waals surface area contributed by atoms with Gasteiger partial charge in [0.1, 0.15) is 6.33 Å². The molecule has 0 bridgehead atoms. The summed E-state index contributed by atoms with van der Waals surface area (Å²) in [5, 5.41) is 22.8. The van der Waals surface area contributed by atoms with E-state index in [-0.39, 0.29) is 11.9 Å². The number of urea groups is 1. The average molecular weight is 443 g/mol. The first-order chi connectivity index (χ1) is 14.9. The van der Waals surface area contributed by atoms with E-state index in [0.717, 1.165) is 34.9 Å². The van der Waals surface area contributed by atoms with Crippen LogP contribution in [0.2, 0.25) is 5.02 Å². The highest BCUT2D eigenvalue weighted by Crippen LogP contribution is 2.46. The second-order valence-corrected chi connectivity index (χ2v) is 9.16. The third-order valence-corrected chi connectivity index (χ3v) is 6.65. The van der Waals surface area contributed by atoms with Crippen LogP contribution in [0.5, 0.6) is 0 Å². The lowest BCUT2D eigenvalue weighted by Crippen LogP contribution is -2.47. The minimum atomic E-state index is -0.711. The average Bonchev–Trinajstić information content (AvgIpc) is 3.25. The Morgan fingerprint density at radius 3 is 2.71 bits per heavy atom. The lowest BCUT2D eigenvalue weighted by atomic mass is 9.68. The van der Waals surface area contributed by atoms with E-state index in [2.05, 4.69) is 39.3 Å². The Hall–Kier alpha value is -2.71. The number of rotatable bonds is 5. The monoisotopic (exact) mass is 442 g/mol. The van der Waals surface area contributed by atoms with Gasteiger partial charge >= 0.3 is 6.03 Å². The van der Waals surface area contributed by atoms with Crippen molar-refractivity contribution in [3.8, 4) is 0 Å². The van der Waals surface area contributed by atoms with E-state index in [4.69, 9.17) is 11.6 Å². The maximum Gasteiger partial charge on any atom is 0.317 e. The molecule has 0 radical (unpaired) electrons. The number of halogens is 1. The van der Waals surface area contributed by atoms with Crippen molar-refractivity contribution in [1.29, 1.82) is 0 Å². The van der Waals surface area contributed by atoms with Gasteiger partial charge in [0.2, 0.25) is 0 Å². The zero-order chi connectivity index (χ0) is 22.0. The topological polar surface area (TPSA) is 107 Å². The molecule has 3 N–H and O–H groups in total. The Kier molecular flexibility index (Phi) is 6.11. The molecule has 0 spiro atoms. The predicted molar refractivity (Wildman–Crippen MR) is 118 cm³/mol. The molecular weight excluding hydrogens is 416 g/mol. The number of amides is 2. The summed E-state index contributed by atoms with van der Waals surface area (Å²) < 4.78 is 0. The summed E-state index contributed by atoms with van der Waals surface area (Å²) in [4.78, 5) is 22.3. The van der Waals surface area contributed by atoms with Gasteiger partial charge in [0.25, 0.3) is 0 Å². The van der Waals surface area contributed by atoms with Gasteiger partial charge in [0, 0.05) is 53.6 Å². The summed E-state index contributed by atoms with van der Waals surface area (Å²) in [6.07, 6.45) is 7.48. The number of aliphatic hydroxyl groups excluding tert-OH is 1. The summed E-state index contributed by atoms with van der Waals surface area (Å²) in [5.74, 6) is 0.256. The molecule has 0 aliphatic carbocycles. The highest BCUT2D eigenvalue weighted by atomic mass is 35.5. The second kappa shape index (κ2) is 8.80. The number of piperidine rings is 1. The standard InChI is InChI=1S/C22H27ClN6O2/c1-22(2,20(30)18-8-17(23)7-15-12-27-28-19(15)18)16-3-5-29(6-4-16)21(31)26-11-14-9-24-13-25-10-14/h7-10,12-13,16,20,30H,3-6,11H2,1-2H3,(H,26,31)(H,27,28). The highest BCUT2D eigenvalue weighted by molar-refractivity contribution is 6.31. The molecule has 31 heavy (non-hydrogen) atoms. The molecule has 1 atom stereocenters. The predicted octanol–water partition coefficient (Wildman–Crippen LogP) is 3.69. The maximum absolute atomic E-state index is 12.5. The molecule has 1 aromatic carbocycles. The van der Waals surface area contributed by atoms with Crippen LogP contribution in [0, 0.1) is 11.3 Å². The van der Waals surface area contributed by atoms with Gasteiger partial charge in [-0.2, -0.15) is 5.10 Å². The van der Waals surface area contributed by atoms with Gasteiger partial charge in [-0.05, 0) is 36.3 Å². The number of carbonyl (C=O) groups is 1. The third-order valence-electron chi connectivity index (χ3n) is 6.44. The van der Waals surface area contributed by atoms with Crippen LogP contribution in [0.25, 0.3) is 10.9 Å². The summed E-state index contributed by atoms with van der Waals surface area (Å²) in [7, 11) is 0. The summed E-state index contributed by atoms with van der Waals surface area (Å²) in [6.45, 7) is 5.85. The fourth-order valence-corrected chi connectivity index (χ4v) is 4.66. The minimum Gasteiger partial charge on any atom is -0.388 e. The summed E-state index contributed by atoms with van der Waals surface area (Å²) >= 11 is 6.28. The number of aromatic amines is 1. The highest BCUT2D eigenvalue weighted by Gasteiger charge is 2.40. The quantitative estimate of drug-likeness (QED) is 0.558. The fraction of sp³-hybridized carbons (Fsp3) is 0.455. The van der Waals surface area contributed by atoms with Crippen LogP contribution in [-0.2, 0) is 6.54 Å². The van der Waals surface area contributed by atoms with Crippen LogP contribution in [-0.4, -0.2) is 49.3 Å². The SMILES string of the molecule is CC(C)(C1CCN(C(=O)NCc2cncnc2)CC1)C(O)c1cc(Cl)cc2cn[nH]c12. The first kappa shape index (κ1) is 21.5. The molecule has 164 valence electrons. The van der Waals surface area contributed by atoms with E-state index in [1.807, 2.05) is 17.0 Å². The Morgan fingerprint density at radius 1 is 1.29 bits per heavy atom. The lowest BCUT2D eigenvalue weighted by Gasteiger charge is -2.43. The van der Waals surface area contributed by atoms with Crippen LogP contribution >= 0.6 is 11.6 Å². The van der Waals surface area contributed by atoms with Gasteiger partial charge in [0.05, 0.1) is 17.8 Å². The second-order valence-electron chi connectivity index (χ2n) is 8.72. The van der Waals surface area contributed by atoms with E-state index in [1.165, 1.54) is 6.33 Å². The minimum absolute atomic E-state index is 0.0883. The third kappa shape index (κ3) is 4.50. The van der Waals surface area contributed by atoms with Crippen molar-refractivity contribution in [3.63, 3.8) is 0 Å². The largest absolute Gasteiger partial charge is 0.388 e. The van der Waals surface area contributed by atoms with Crippen molar-refractivity contribution in [3.05, 3.63) is 53.2 Å². The zero-order valence-electron chi connectivity index (χ0n) is 17.7. The number of likely N-dealkylation sites (tertiary alicyclic amines) is 1. The van der Waals surface area contributed by atoms with Crippen molar-refractivity contribution in [2.75, 3.05) is 13.1 Å². The van der Waals surface area contributed by atoms with Crippen molar-refractivity contribution in [2.24, 2.45) is 11.3 Å². The summed E-state index contributed by atoms with van der Waals surface area (Å²) in [5.41, 5.74) is 2.04. The maximum atomic E-state index is 12.5. The van der Waals surface area contributed by atoms with Crippen molar-refractivity contribution < 1.29 is 9.90 Å². The number of hydrogen-bond donors (Lipinski definition) is 3. The Bertz CT molecular complexity index is 1050. The molecule has 1 unspecified atom stereocenters. The lowest BCUT2D eigenvalue weighted by molar-refractivity contribution is -0.0143. The molecule has 2 aromatic heterocycles. The number of aliphatic hydroxyl groups is 1. The van der Waals surface area contributed by atoms with E-state index < -0.39 is 11.5 Å². The molecule has 3 heterocycles. The van der Waals surface area contributed by atoms with Gasteiger partial charge in [-0.3, -0.25) is 5.10 Å². The van der Waals surface area contributed by atoms with Gasteiger partial charge in [-0.1, -0.05) is 25.4 Å². The van der Waals surface area contributed by atoms with Gasteiger partial charge in [-0.25, -0.2) is 14.8 Å². The molecule has 1 fully saturated rings. The number of carbonyl (C=O) groups excluding carboxylic acids is 1. The van der Waals surface area contributed by atoms with Crippen LogP contribution in [0.1, 0.15) is 43.9 Å². The molecule has 8 nitrogen and oxygen atoms in total. The first-order valence-electron chi connectivity index (χ1n) is 10.4. The van der Waals surface area contributed by atoms with Crippen LogP contribution in [0.15, 0.2) is 37.1 Å². The van der Waals surface area contributed by atoms with E-state index in [0.29, 0.717) is 24.7 Å². The van der Waals surface area contributed by atoms with E-state index in [1.54, 1.807) is 18.6 Å². The number of benzene rings is 1. The van der Waals surface area contributed by atoms with E-state index >= 15 is 0 Å². The van der Waals surface area contributed by atoms with Crippen LogP contribution in [0.3, 0.4) is 0 Å². The molecule has 3 aromatic rings. The molecule has 4 rings (SSSR count). The Labute approximate surface area is 186 Å². The summed E-state index contributed by atoms with van der Waals surface area (Å²) in [6, 6.07) is 3.56. The number of H-pyrrole nitrogens is 1. The molecule has 1 saturated heterocycles. The molecule has 0 saturated carbocycles. The van der Waals surface area contributed by atoms with Crippen molar-refractivity contribution >= 4 is 28.5 Å². The molecular formula is C22H27ClN6O2. The van der Waals surface area contributed by atoms with Gasteiger partial charge in [-0.15, -0.1) is 0 Å². The molecule has 2 amide bonds. The molecule has 1 aliphatic heterocycles. The smallest absolute Gasteiger partial charge is 0.317 e. The number of fused-ring (bicyclic) bond motifs is 1. The normalized spacial score (nSPS) is 16.5. The number of nitrogens with one attached hydrogen (secondary N) is 2. The number of nitrogens with zero attached hydrogens (tertiary/aromatic N) is 4. The fourth-order valence-electron chi connectivity index (χ4n) is 4.42. The van der Waals surface area contributed by atoms with Crippen molar-refractivity contribution in [2.45, 2.75) is 39.3 Å². The Balaban J connectivity index is 1.39. The zero-order valence-corrected chi connectivity index (χ0v) is 18.4. The first-order valence-corrected chi connectivity index (χ1v) is 10.8. The molecule has 9 heteroatoms. The van der Waals surface area contributed by atoms with Crippen LogP contribution in [0.4, 0.5) is 4.79 Å². The van der Waals surface area contributed by atoms with Crippen molar-refractivity contribution in [1.82, 2.24) is 30.4 Å². The van der Waals surface area contributed by atoms with Crippen LogP contribution < -0.4 is 5.32 Å².